The van der Waals surface area contributed by atoms with Crippen LogP contribution in [0, 0.1) is 18.8 Å². The molecule has 1 saturated carbocycles. The van der Waals surface area contributed by atoms with Crippen molar-refractivity contribution in [2.75, 3.05) is 38.5 Å². The van der Waals surface area contributed by atoms with Gasteiger partial charge in [-0.2, -0.15) is 13.2 Å². The van der Waals surface area contributed by atoms with E-state index in [-0.39, 0.29) is 23.4 Å². The molecule has 1 aliphatic heterocycles. The number of alkyl halides is 3. The number of likely N-dealkylation sites (N-methyl/N-ethyl adjacent to an activating group) is 1. The number of benzene rings is 2. The average molecular weight is 567 g/mol. The van der Waals surface area contributed by atoms with Crippen molar-refractivity contribution in [1.82, 2.24) is 15.1 Å². The summed E-state index contributed by atoms with van der Waals surface area (Å²) in [5.41, 5.74) is 13.5. The van der Waals surface area contributed by atoms with E-state index in [2.05, 4.69) is 27.4 Å². The molecule has 2 aliphatic rings. The van der Waals surface area contributed by atoms with Crippen molar-refractivity contribution in [3.8, 4) is 11.8 Å². The summed E-state index contributed by atoms with van der Waals surface area (Å²) in [5, 5.41) is 5.81. The van der Waals surface area contributed by atoms with Crippen LogP contribution in [0.4, 0.5) is 18.9 Å². The molecule has 6 N–H and O–H groups in total. The van der Waals surface area contributed by atoms with Gasteiger partial charge in [0.1, 0.15) is 0 Å². The molecule has 7 nitrogen and oxygen atoms in total. The fourth-order valence-corrected chi connectivity index (χ4v) is 4.60. The van der Waals surface area contributed by atoms with E-state index in [9.17, 15) is 18.0 Å². The fraction of sp³-hybridized carbons (Fsp3) is 0.387. The summed E-state index contributed by atoms with van der Waals surface area (Å²) in [7, 11) is 2.00. The van der Waals surface area contributed by atoms with E-state index in [0.29, 0.717) is 36.2 Å². The molecule has 4 rings (SSSR count). The maximum absolute atomic E-state index is 13.9. The molecule has 0 unspecified atom stereocenters. The zero-order valence-corrected chi connectivity index (χ0v) is 23.4. The summed E-state index contributed by atoms with van der Waals surface area (Å²) in [4.78, 5) is 17.1. The number of amides is 1. The topological polar surface area (TPSA) is 99.7 Å². The second-order valence-electron chi connectivity index (χ2n) is 10.7. The Morgan fingerprint density at radius 2 is 1.80 bits per heavy atom. The molecule has 2 fully saturated rings. The van der Waals surface area contributed by atoms with E-state index in [1.54, 1.807) is 30.4 Å². The van der Waals surface area contributed by atoms with Gasteiger partial charge in [0.2, 0.25) is 0 Å². The van der Waals surface area contributed by atoms with Gasteiger partial charge in [-0.3, -0.25) is 9.69 Å². The molecular formula is C31H37F3N6O. The molecule has 41 heavy (non-hydrogen) atoms. The van der Waals surface area contributed by atoms with Gasteiger partial charge in [-0.05, 0) is 86.7 Å². The van der Waals surface area contributed by atoms with E-state index >= 15 is 0 Å². The monoisotopic (exact) mass is 566 g/mol. The molecule has 0 spiro atoms. The predicted molar refractivity (Wildman–Crippen MR) is 156 cm³/mol. The van der Waals surface area contributed by atoms with Gasteiger partial charge in [0.15, 0.2) is 0 Å². The molecule has 1 saturated heterocycles. The minimum Gasteiger partial charge on any atom is -0.392 e. The zero-order valence-electron chi connectivity index (χ0n) is 23.4. The maximum atomic E-state index is 13.9. The maximum Gasteiger partial charge on any atom is 0.416 e. The van der Waals surface area contributed by atoms with Crippen molar-refractivity contribution in [1.29, 1.82) is 0 Å². The Bertz CT molecular complexity index is 1380. The van der Waals surface area contributed by atoms with E-state index in [4.69, 9.17) is 11.5 Å². The highest BCUT2D eigenvalue weighted by Gasteiger charge is 2.34. The first-order valence-electron chi connectivity index (χ1n) is 13.7. The van der Waals surface area contributed by atoms with Gasteiger partial charge in [-0.1, -0.05) is 18.1 Å². The Morgan fingerprint density at radius 3 is 2.46 bits per heavy atom. The molecule has 0 atom stereocenters. The van der Waals surface area contributed by atoms with Crippen molar-refractivity contribution >= 4 is 11.6 Å². The summed E-state index contributed by atoms with van der Waals surface area (Å²) in [6.07, 6.45) is 2.14. The van der Waals surface area contributed by atoms with Crippen molar-refractivity contribution in [3.05, 3.63) is 87.9 Å². The largest absolute Gasteiger partial charge is 0.416 e. The number of hydrogen-bond acceptors (Lipinski definition) is 6. The van der Waals surface area contributed by atoms with Gasteiger partial charge in [-0.15, -0.1) is 0 Å². The first-order valence-corrected chi connectivity index (χ1v) is 13.7. The zero-order chi connectivity index (χ0) is 29.6. The van der Waals surface area contributed by atoms with Crippen molar-refractivity contribution in [2.24, 2.45) is 11.5 Å². The third-order valence-corrected chi connectivity index (χ3v) is 7.42. The quantitative estimate of drug-likeness (QED) is 0.297. The van der Waals surface area contributed by atoms with Crippen LogP contribution in [0.25, 0.3) is 0 Å². The number of halogens is 3. The fourth-order valence-electron chi connectivity index (χ4n) is 4.60. The number of nitrogens with zero attached hydrogens (tertiary/aromatic N) is 2. The summed E-state index contributed by atoms with van der Waals surface area (Å²) < 4.78 is 41.8. The summed E-state index contributed by atoms with van der Waals surface area (Å²) in [6.45, 7) is 5.08. The van der Waals surface area contributed by atoms with Gasteiger partial charge in [0, 0.05) is 55.6 Å². The molecule has 1 amide bonds. The molecule has 0 aromatic heterocycles. The van der Waals surface area contributed by atoms with Crippen molar-refractivity contribution in [2.45, 2.75) is 44.9 Å². The first-order chi connectivity index (χ1) is 19.5. The lowest BCUT2D eigenvalue weighted by Gasteiger charge is -2.33. The lowest BCUT2D eigenvalue weighted by molar-refractivity contribution is -0.138. The van der Waals surface area contributed by atoms with Gasteiger partial charge < -0.3 is 27.0 Å². The highest BCUT2D eigenvalue weighted by Crippen LogP contribution is 2.34. The van der Waals surface area contributed by atoms with Crippen LogP contribution in [0.1, 0.15) is 51.9 Å². The molecule has 0 radical (unpaired) electrons. The normalized spacial score (nSPS) is 17.4. The third kappa shape index (κ3) is 8.52. The summed E-state index contributed by atoms with van der Waals surface area (Å²) in [5.74, 6) is 5.81. The minimum atomic E-state index is -4.55. The number of piperazine rings is 1. The molecule has 1 heterocycles. The van der Waals surface area contributed by atoms with Gasteiger partial charge >= 0.3 is 6.18 Å². The second-order valence-corrected chi connectivity index (χ2v) is 10.7. The molecule has 2 aromatic carbocycles. The Kier molecular flexibility index (Phi) is 9.63. The number of carbonyl (C=O) groups excluding carboxylic acids is 1. The van der Waals surface area contributed by atoms with E-state index in [0.717, 1.165) is 37.6 Å². The van der Waals surface area contributed by atoms with Crippen LogP contribution in [-0.4, -0.2) is 55.0 Å². The average Bonchev–Trinajstić information content (AvgIpc) is 2.90. The van der Waals surface area contributed by atoms with E-state index in [1.165, 1.54) is 18.6 Å². The molecule has 218 valence electrons. The van der Waals surface area contributed by atoms with Crippen LogP contribution in [0.5, 0.6) is 0 Å². The number of aryl methyl sites for hydroxylation is 1. The SMILES string of the molecule is Cc1ccc(C(=O)Nc2ccc(CN3CCN(C)CC3)c(C(F)(F)F)c2)cc1C#C/C(N)=C/C=C(\N)NC1CCC1. The smallest absolute Gasteiger partial charge is 0.392 e. The van der Waals surface area contributed by atoms with Crippen LogP contribution in [-0.2, 0) is 12.7 Å². The molecule has 2 aromatic rings. The number of rotatable bonds is 7. The van der Waals surface area contributed by atoms with E-state index < -0.39 is 17.6 Å². The van der Waals surface area contributed by atoms with Crippen LogP contribution >= 0.6 is 0 Å². The Hall–Kier alpha value is -3.94. The number of hydrogen-bond donors (Lipinski definition) is 4. The predicted octanol–water partition coefficient (Wildman–Crippen LogP) is 4.15. The van der Waals surface area contributed by atoms with Crippen molar-refractivity contribution in [3.63, 3.8) is 0 Å². The first kappa shape index (κ1) is 30.0. The third-order valence-electron chi connectivity index (χ3n) is 7.42. The number of nitrogens with two attached hydrogens (primary N) is 2. The molecule has 10 heteroatoms. The number of carbonyl (C=O) groups is 1. The summed E-state index contributed by atoms with van der Waals surface area (Å²) in [6, 6.07) is 9.31. The highest BCUT2D eigenvalue weighted by atomic mass is 19.4. The van der Waals surface area contributed by atoms with Crippen molar-refractivity contribution < 1.29 is 18.0 Å². The summed E-state index contributed by atoms with van der Waals surface area (Å²) >= 11 is 0. The highest BCUT2D eigenvalue weighted by molar-refractivity contribution is 6.04. The number of nitrogens with one attached hydrogen (secondary N) is 2. The van der Waals surface area contributed by atoms with Gasteiger partial charge in [0.25, 0.3) is 5.91 Å². The molecular weight excluding hydrogens is 529 g/mol. The van der Waals surface area contributed by atoms with E-state index in [1.807, 2.05) is 18.9 Å². The number of allylic oxidation sites excluding steroid dienone is 3. The minimum absolute atomic E-state index is 0.0738. The Labute approximate surface area is 239 Å². The lowest BCUT2D eigenvalue weighted by atomic mass is 9.93. The van der Waals surface area contributed by atoms with Crippen LogP contribution in [0.3, 0.4) is 0 Å². The Morgan fingerprint density at radius 1 is 1.07 bits per heavy atom. The lowest BCUT2D eigenvalue weighted by Crippen LogP contribution is -2.44. The van der Waals surface area contributed by atoms with Crippen LogP contribution in [0.2, 0.25) is 0 Å². The standard InChI is InChI=1S/C31H37F3N6O/c1-21-6-7-23(18-22(21)8-10-25(35)11-13-29(36)37-26-4-3-5-26)30(41)38-27-12-9-24(28(19-27)31(32,33)34)20-40-16-14-39(2)15-17-40/h6-7,9,11-13,18-19,26,37H,3-5,14-17,20,35-36H2,1-2H3,(H,38,41)/b25-11-,29-13+. The second kappa shape index (κ2) is 13.1. The van der Waals surface area contributed by atoms with Crippen LogP contribution in [0.15, 0.2) is 60.1 Å². The van der Waals surface area contributed by atoms with Gasteiger partial charge in [-0.25, -0.2) is 0 Å². The van der Waals surface area contributed by atoms with Crippen LogP contribution < -0.4 is 22.1 Å². The van der Waals surface area contributed by atoms with Gasteiger partial charge in [0.05, 0.1) is 17.1 Å². The number of anilines is 1. The molecule has 1 aliphatic carbocycles. The Balaban J connectivity index is 1.45. The molecule has 0 bridgehead atoms.